The van der Waals surface area contributed by atoms with Gasteiger partial charge < -0.3 is 19.4 Å². The number of fused-ring (bicyclic) bond motifs is 1. The van der Waals surface area contributed by atoms with Gasteiger partial charge in [0.2, 0.25) is 5.91 Å². The molecule has 12 heteroatoms. The summed E-state index contributed by atoms with van der Waals surface area (Å²) in [5, 5.41) is 12.8. The third-order valence-electron chi connectivity index (χ3n) is 7.45. The molecule has 2 amide bonds. The van der Waals surface area contributed by atoms with E-state index in [1.54, 1.807) is 57.2 Å². The Morgan fingerprint density at radius 1 is 1.10 bits per heavy atom. The Balaban J connectivity index is 1.90. The summed E-state index contributed by atoms with van der Waals surface area (Å²) in [5.41, 5.74) is -1.66. The lowest BCUT2D eigenvalue weighted by molar-refractivity contribution is -0.316. The molecule has 1 fully saturated rings. The molecule has 1 aromatic heterocycles. The molecule has 4 rings (SSSR count). The molecule has 42 heavy (non-hydrogen) atoms. The van der Waals surface area contributed by atoms with Crippen molar-refractivity contribution in [3.63, 3.8) is 0 Å². The van der Waals surface area contributed by atoms with Crippen LogP contribution in [-0.4, -0.2) is 59.5 Å². The summed E-state index contributed by atoms with van der Waals surface area (Å²) in [6.07, 6.45) is -0.619. The molecule has 0 bridgehead atoms. The summed E-state index contributed by atoms with van der Waals surface area (Å²) >= 11 is 0. The van der Waals surface area contributed by atoms with Gasteiger partial charge in [0.25, 0.3) is 10.0 Å². The monoisotopic (exact) mass is 597 g/mol. The predicted octanol–water partition coefficient (Wildman–Crippen LogP) is 3.13. The zero-order valence-corrected chi connectivity index (χ0v) is 25.1. The van der Waals surface area contributed by atoms with E-state index in [-0.39, 0.29) is 4.90 Å². The number of carbonyl (C=O) groups is 4. The number of para-hydroxylation sites is 1. The van der Waals surface area contributed by atoms with Crippen molar-refractivity contribution in [1.82, 2.24) is 8.87 Å². The van der Waals surface area contributed by atoms with Crippen molar-refractivity contribution < 1.29 is 42.2 Å². The van der Waals surface area contributed by atoms with Gasteiger partial charge in [0, 0.05) is 23.4 Å². The first-order valence-electron chi connectivity index (χ1n) is 13.3. The van der Waals surface area contributed by atoms with Crippen molar-refractivity contribution in [3.8, 4) is 0 Å². The number of aryl methyl sites for hydroxylation is 1. The minimum atomic E-state index is -4.12. The number of imide groups is 1. The average molecular weight is 598 g/mol. The maximum absolute atomic E-state index is 13.9. The lowest BCUT2D eigenvalue weighted by Gasteiger charge is -2.35. The number of likely N-dealkylation sites (tertiary alicyclic amines) is 1. The van der Waals surface area contributed by atoms with Gasteiger partial charge in [0.05, 0.1) is 35.5 Å². The number of nitrogens with zero attached hydrogens (tertiary/aromatic N) is 2. The number of amides is 2. The number of methoxy groups -OCH3 is 1. The van der Waals surface area contributed by atoms with Crippen LogP contribution in [0, 0.1) is 12.8 Å². The molecule has 1 aliphatic rings. The summed E-state index contributed by atoms with van der Waals surface area (Å²) in [6.45, 7) is 7.73. The van der Waals surface area contributed by atoms with Crippen LogP contribution >= 0.6 is 0 Å². The van der Waals surface area contributed by atoms with Gasteiger partial charge in [-0.05, 0) is 64.8 Å². The number of carboxylic acids is 1. The molecule has 2 unspecified atom stereocenters. The van der Waals surface area contributed by atoms with Crippen molar-refractivity contribution in [3.05, 3.63) is 65.9 Å². The quantitative estimate of drug-likeness (QED) is 0.374. The number of esters is 1. The molecule has 0 spiro atoms. The van der Waals surface area contributed by atoms with Crippen LogP contribution in [0.2, 0.25) is 0 Å². The molecule has 3 atom stereocenters. The zero-order valence-electron chi connectivity index (χ0n) is 24.2. The Bertz CT molecular complexity index is 1670. The third kappa shape index (κ3) is 5.50. The predicted molar refractivity (Wildman–Crippen MR) is 150 cm³/mol. The number of ether oxygens (including phenoxy) is 2. The molecule has 0 saturated carbocycles. The van der Waals surface area contributed by atoms with E-state index >= 15 is 0 Å². The SMILES string of the molecule is COC(=O)CC(c1cn(S(=O)(=O)c2ccc(C)cc2)c2ccccc12)C1C[C@@](C)(C(=O)[O-])N(C(=O)OC(C)(C)C)C1=O. The molecular formula is C30H33N2O9S-. The standard InChI is InChI=1S/C30H34N2O9S/c1-18-11-13-19(14-12-18)42(38,39)31-17-23(20-9-7-8-10-24(20)31)21(15-25(33)40-6)22-16-30(5,27(35)36)32(26(22)34)28(37)41-29(2,3)4/h7-14,17,21-22H,15-16H2,1-6H3,(H,35,36)/p-1/t21?,22?,30-/m0/s1. The Hall–Kier alpha value is -4.19. The van der Waals surface area contributed by atoms with E-state index in [2.05, 4.69) is 0 Å². The molecule has 11 nitrogen and oxygen atoms in total. The average Bonchev–Trinajstić information content (AvgIpc) is 3.42. The van der Waals surface area contributed by atoms with E-state index in [0.717, 1.165) is 9.54 Å². The van der Waals surface area contributed by atoms with Crippen LogP contribution in [0.3, 0.4) is 0 Å². The maximum Gasteiger partial charge on any atom is 0.417 e. The molecule has 1 aliphatic heterocycles. The maximum atomic E-state index is 13.9. The second-order valence-corrected chi connectivity index (χ2v) is 13.4. The smallest absolute Gasteiger partial charge is 0.417 e. The highest BCUT2D eigenvalue weighted by atomic mass is 32.2. The van der Waals surface area contributed by atoms with E-state index in [1.165, 1.54) is 32.4 Å². The first-order valence-corrected chi connectivity index (χ1v) is 14.7. The highest BCUT2D eigenvalue weighted by molar-refractivity contribution is 7.90. The van der Waals surface area contributed by atoms with Crippen LogP contribution in [0.1, 0.15) is 57.6 Å². The first-order chi connectivity index (χ1) is 19.5. The second kappa shape index (κ2) is 10.9. The minimum Gasteiger partial charge on any atom is -0.548 e. The highest BCUT2D eigenvalue weighted by Crippen LogP contribution is 2.46. The summed E-state index contributed by atoms with van der Waals surface area (Å²) < 4.78 is 38.9. The summed E-state index contributed by atoms with van der Waals surface area (Å²) in [7, 11) is -2.95. The lowest BCUT2D eigenvalue weighted by Crippen LogP contribution is -2.58. The fourth-order valence-electron chi connectivity index (χ4n) is 5.33. The largest absolute Gasteiger partial charge is 0.548 e. The number of hydrogen-bond donors (Lipinski definition) is 0. The molecule has 1 saturated heterocycles. The van der Waals surface area contributed by atoms with E-state index in [9.17, 15) is 32.7 Å². The summed E-state index contributed by atoms with van der Waals surface area (Å²) in [4.78, 5) is 52.6. The van der Waals surface area contributed by atoms with Crippen molar-refractivity contribution in [1.29, 1.82) is 0 Å². The van der Waals surface area contributed by atoms with Crippen LogP contribution in [-0.2, 0) is 33.9 Å². The Labute approximate surface area is 244 Å². The number of benzene rings is 2. The van der Waals surface area contributed by atoms with Crippen molar-refractivity contribution in [2.75, 3.05) is 7.11 Å². The van der Waals surface area contributed by atoms with Gasteiger partial charge in [-0.3, -0.25) is 9.59 Å². The number of hydrogen-bond acceptors (Lipinski definition) is 9. The van der Waals surface area contributed by atoms with Crippen LogP contribution in [0.15, 0.2) is 59.6 Å². The fourth-order valence-corrected chi connectivity index (χ4v) is 6.71. The molecule has 0 aliphatic carbocycles. The van der Waals surface area contributed by atoms with E-state index in [1.807, 2.05) is 6.92 Å². The number of aromatic nitrogens is 1. The van der Waals surface area contributed by atoms with Gasteiger partial charge in [0.1, 0.15) is 5.60 Å². The topological polar surface area (TPSA) is 152 Å². The van der Waals surface area contributed by atoms with E-state index in [4.69, 9.17) is 9.47 Å². The molecule has 2 heterocycles. The number of aliphatic carboxylic acids is 1. The van der Waals surface area contributed by atoms with Crippen molar-refractivity contribution in [2.45, 2.75) is 69.4 Å². The van der Waals surface area contributed by atoms with E-state index < -0.39 is 69.8 Å². The normalized spacial score (nSPS) is 20.0. The number of carboxylic acid groups (broad SMARTS) is 1. The van der Waals surface area contributed by atoms with Gasteiger partial charge in [0.15, 0.2) is 0 Å². The number of rotatable bonds is 7. The van der Waals surface area contributed by atoms with Gasteiger partial charge in [-0.15, -0.1) is 0 Å². The van der Waals surface area contributed by atoms with Gasteiger partial charge >= 0.3 is 12.1 Å². The van der Waals surface area contributed by atoms with Gasteiger partial charge in [-0.1, -0.05) is 35.9 Å². The molecule has 2 aromatic carbocycles. The van der Waals surface area contributed by atoms with Crippen LogP contribution < -0.4 is 5.11 Å². The minimum absolute atomic E-state index is 0.0301. The molecule has 224 valence electrons. The summed E-state index contributed by atoms with van der Waals surface area (Å²) in [6, 6.07) is 12.9. The zero-order chi connectivity index (χ0) is 31.2. The molecule has 0 N–H and O–H groups in total. The molecular weight excluding hydrogens is 564 g/mol. The Morgan fingerprint density at radius 2 is 1.71 bits per heavy atom. The van der Waals surface area contributed by atoms with Crippen LogP contribution in [0.25, 0.3) is 10.9 Å². The van der Waals surface area contributed by atoms with Gasteiger partial charge in [-0.25, -0.2) is 22.1 Å². The second-order valence-electron chi connectivity index (χ2n) is 11.6. The Kier molecular flexibility index (Phi) is 7.98. The van der Waals surface area contributed by atoms with Crippen LogP contribution in [0.5, 0.6) is 0 Å². The van der Waals surface area contributed by atoms with Crippen LogP contribution in [0.4, 0.5) is 4.79 Å². The lowest BCUT2D eigenvalue weighted by atomic mass is 9.79. The Morgan fingerprint density at radius 3 is 2.29 bits per heavy atom. The molecule has 0 radical (unpaired) electrons. The fraction of sp³-hybridized carbons (Fsp3) is 0.400. The third-order valence-corrected chi connectivity index (χ3v) is 9.14. The first kappa shape index (κ1) is 30.8. The number of carbonyl (C=O) groups excluding carboxylic acids is 4. The highest BCUT2D eigenvalue weighted by Gasteiger charge is 2.56. The van der Waals surface area contributed by atoms with E-state index in [0.29, 0.717) is 21.4 Å². The van der Waals surface area contributed by atoms with Gasteiger partial charge in [-0.2, -0.15) is 0 Å². The van der Waals surface area contributed by atoms with Crippen molar-refractivity contribution in [2.24, 2.45) is 5.92 Å². The summed E-state index contributed by atoms with van der Waals surface area (Å²) in [5.74, 6) is -5.57. The molecule has 3 aromatic rings. The van der Waals surface area contributed by atoms with Crippen molar-refractivity contribution >= 4 is 44.9 Å².